The van der Waals surface area contributed by atoms with Crippen molar-refractivity contribution < 1.29 is 4.74 Å². The van der Waals surface area contributed by atoms with Crippen molar-refractivity contribution in [1.29, 1.82) is 0 Å². The number of aryl methyl sites for hydroxylation is 1. The Hall–Kier alpha value is -1.64. The summed E-state index contributed by atoms with van der Waals surface area (Å²) in [5, 5.41) is 3.69. The van der Waals surface area contributed by atoms with Gasteiger partial charge in [-0.1, -0.05) is 54.1 Å². The number of benzene rings is 2. The molecule has 0 radical (unpaired) electrons. The van der Waals surface area contributed by atoms with Crippen molar-refractivity contribution in [3.63, 3.8) is 0 Å². The summed E-state index contributed by atoms with van der Waals surface area (Å²) in [5.74, 6) is 0. The molecule has 3 rings (SSSR count). The molecule has 0 amide bonds. The minimum atomic E-state index is 0.274. The molecule has 2 atom stereocenters. The predicted molar refractivity (Wildman–Crippen MR) is 81.6 cm³/mol. The van der Waals surface area contributed by atoms with E-state index >= 15 is 0 Å². The van der Waals surface area contributed by atoms with E-state index in [1.54, 1.807) is 0 Å². The van der Waals surface area contributed by atoms with Gasteiger partial charge in [0.15, 0.2) is 0 Å². The van der Waals surface area contributed by atoms with E-state index in [1.165, 1.54) is 22.3 Å². The zero-order chi connectivity index (χ0) is 13.9. The van der Waals surface area contributed by atoms with Crippen LogP contribution in [0.4, 0.5) is 0 Å². The zero-order valence-corrected chi connectivity index (χ0v) is 12.1. The quantitative estimate of drug-likeness (QED) is 0.910. The van der Waals surface area contributed by atoms with Crippen LogP contribution in [0.2, 0.25) is 0 Å². The number of rotatable bonds is 3. The number of nitrogens with one attached hydrogen (secondary N) is 1. The van der Waals surface area contributed by atoms with Gasteiger partial charge in [0.1, 0.15) is 0 Å². The van der Waals surface area contributed by atoms with Crippen LogP contribution in [0.25, 0.3) is 0 Å². The molecule has 0 bridgehead atoms. The smallest absolute Gasteiger partial charge is 0.0721 e. The first-order valence-electron chi connectivity index (χ1n) is 7.22. The lowest BCUT2D eigenvalue weighted by molar-refractivity contribution is 0.0791. The first-order valence-corrected chi connectivity index (χ1v) is 7.22. The molecule has 1 unspecified atom stereocenters. The van der Waals surface area contributed by atoms with Crippen LogP contribution < -0.4 is 5.32 Å². The van der Waals surface area contributed by atoms with Crippen LogP contribution in [-0.2, 0) is 11.3 Å². The van der Waals surface area contributed by atoms with E-state index < -0.39 is 0 Å². The Labute approximate surface area is 120 Å². The summed E-state index contributed by atoms with van der Waals surface area (Å²) in [5.41, 5.74) is 5.29. The summed E-state index contributed by atoms with van der Waals surface area (Å²) < 4.78 is 5.70. The highest BCUT2D eigenvalue weighted by atomic mass is 16.5. The second-order valence-corrected chi connectivity index (χ2v) is 5.57. The highest BCUT2D eigenvalue weighted by molar-refractivity contribution is 5.32. The van der Waals surface area contributed by atoms with Crippen LogP contribution in [-0.4, -0.2) is 6.61 Å². The highest BCUT2D eigenvalue weighted by Gasteiger charge is 2.21. The van der Waals surface area contributed by atoms with Gasteiger partial charge in [0, 0.05) is 6.04 Å². The molecule has 0 aromatic heterocycles. The molecule has 2 aromatic carbocycles. The monoisotopic (exact) mass is 267 g/mol. The first-order chi connectivity index (χ1) is 9.74. The summed E-state index contributed by atoms with van der Waals surface area (Å²) in [6.07, 6.45) is 0. The standard InChI is InChI=1S/C18H21NO/c1-13-7-9-15(10-8-13)14(2)19-18-12-20-11-16-5-3-4-6-17(16)18/h3-10,14,18-19H,11-12H2,1-2H3/t14-,18?/m0/s1. The van der Waals surface area contributed by atoms with Gasteiger partial charge in [-0.3, -0.25) is 0 Å². The van der Waals surface area contributed by atoms with Crippen molar-refractivity contribution in [2.24, 2.45) is 0 Å². The fourth-order valence-electron chi connectivity index (χ4n) is 2.77. The highest BCUT2D eigenvalue weighted by Crippen LogP contribution is 2.27. The maximum atomic E-state index is 5.70. The molecule has 0 aliphatic carbocycles. The van der Waals surface area contributed by atoms with Crippen LogP contribution >= 0.6 is 0 Å². The number of hydrogen-bond donors (Lipinski definition) is 1. The molecule has 1 heterocycles. The van der Waals surface area contributed by atoms with Crippen LogP contribution in [0, 0.1) is 6.92 Å². The van der Waals surface area contributed by atoms with Crippen LogP contribution in [0.1, 0.15) is 41.3 Å². The number of fused-ring (bicyclic) bond motifs is 1. The average molecular weight is 267 g/mol. The minimum Gasteiger partial charge on any atom is -0.375 e. The third-order valence-corrected chi connectivity index (χ3v) is 4.00. The summed E-state index contributed by atoms with van der Waals surface area (Å²) in [7, 11) is 0. The van der Waals surface area contributed by atoms with E-state index in [0.717, 1.165) is 13.2 Å². The third kappa shape index (κ3) is 2.77. The summed E-state index contributed by atoms with van der Waals surface area (Å²) in [6.45, 7) is 5.80. The Morgan fingerprint density at radius 2 is 1.85 bits per heavy atom. The largest absolute Gasteiger partial charge is 0.375 e. The Morgan fingerprint density at radius 1 is 1.10 bits per heavy atom. The molecule has 1 N–H and O–H groups in total. The van der Waals surface area contributed by atoms with Gasteiger partial charge in [-0.2, -0.15) is 0 Å². The van der Waals surface area contributed by atoms with Gasteiger partial charge in [-0.05, 0) is 30.5 Å². The van der Waals surface area contributed by atoms with E-state index in [0.29, 0.717) is 6.04 Å². The molecule has 2 heteroatoms. The number of hydrogen-bond acceptors (Lipinski definition) is 2. The summed E-state index contributed by atoms with van der Waals surface area (Å²) >= 11 is 0. The van der Waals surface area contributed by atoms with Crippen molar-refractivity contribution >= 4 is 0 Å². The van der Waals surface area contributed by atoms with E-state index in [-0.39, 0.29) is 6.04 Å². The summed E-state index contributed by atoms with van der Waals surface area (Å²) in [6, 6.07) is 17.9. The van der Waals surface area contributed by atoms with E-state index in [9.17, 15) is 0 Å². The van der Waals surface area contributed by atoms with Crippen LogP contribution in [0.15, 0.2) is 48.5 Å². The van der Waals surface area contributed by atoms with Crippen molar-refractivity contribution in [1.82, 2.24) is 5.32 Å². The van der Waals surface area contributed by atoms with Gasteiger partial charge in [-0.25, -0.2) is 0 Å². The van der Waals surface area contributed by atoms with Gasteiger partial charge in [0.2, 0.25) is 0 Å². The lowest BCUT2D eigenvalue weighted by atomic mass is 9.97. The lowest BCUT2D eigenvalue weighted by Crippen LogP contribution is -2.31. The Balaban J connectivity index is 1.77. The molecule has 1 aliphatic rings. The predicted octanol–water partition coefficient (Wildman–Crippen LogP) is 3.92. The van der Waals surface area contributed by atoms with Crippen LogP contribution in [0.5, 0.6) is 0 Å². The molecule has 2 nitrogen and oxygen atoms in total. The maximum Gasteiger partial charge on any atom is 0.0721 e. The fourth-order valence-corrected chi connectivity index (χ4v) is 2.77. The molecular formula is C18H21NO. The molecule has 0 saturated heterocycles. The molecule has 0 spiro atoms. The van der Waals surface area contributed by atoms with Gasteiger partial charge in [-0.15, -0.1) is 0 Å². The lowest BCUT2D eigenvalue weighted by Gasteiger charge is -2.29. The molecule has 0 fully saturated rings. The van der Waals surface area contributed by atoms with Gasteiger partial charge >= 0.3 is 0 Å². The van der Waals surface area contributed by atoms with Crippen LogP contribution in [0.3, 0.4) is 0 Å². The third-order valence-electron chi connectivity index (χ3n) is 4.00. The first kappa shape index (κ1) is 13.3. The van der Waals surface area contributed by atoms with Crippen molar-refractivity contribution in [2.75, 3.05) is 6.61 Å². The average Bonchev–Trinajstić information content (AvgIpc) is 2.48. The molecule has 20 heavy (non-hydrogen) atoms. The normalized spacial score (nSPS) is 19.4. The SMILES string of the molecule is Cc1ccc([C@H](C)NC2COCc3ccccc32)cc1. The zero-order valence-electron chi connectivity index (χ0n) is 12.1. The Morgan fingerprint density at radius 3 is 2.65 bits per heavy atom. The fraction of sp³-hybridized carbons (Fsp3) is 0.333. The minimum absolute atomic E-state index is 0.274. The Kier molecular flexibility index (Phi) is 3.86. The Bertz CT molecular complexity index is 576. The molecule has 104 valence electrons. The van der Waals surface area contributed by atoms with Gasteiger partial charge < -0.3 is 10.1 Å². The number of ether oxygens (including phenoxy) is 1. The van der Waals surface area contributed by atoms with Crippen molar-refractivity contribution in [2.45, 2.75) is 32.5 Å². The molecule has 1 aliphatic heterocycles. The summed E-state index contributed by atoms with van der Waals surface area (Å²) in [4.78, 5) is 0. The molecule has 2 aromatic rings. The van der Waals surface area contributed by atoms with E-state index in [4.69, 9.17) is 4.74 Å². The van der Waals surface area contributed by atoms with Crippen molar-refractivity contribution in [3.8, 4) is 0 Å². The topological polar surface area (TPSA) is 21.3 Å². The second-order valence-electron chi connectivity index (χ2n) is 5.57. The molecular weight excluding hydrogens is 246 g/mol. The van der Waals surface area contributed by atoms with E-state index in [2.05, 4.69) is 67.7 Å². The van der Waals surface area contributed by atoms with Gasteiger partial charge in [0.05, 0.1) is 19.3 Å². The second kappa shape index (κ2) is 5.78. The van der Waals surface area contributed by atoms with E-state index in [1.807, 2.05) is 0 Å². The van der Waals surface area contributed by atoms with Crippen molar-refractivity contribution in [3.05, 3.63) is 70.8 Å². The molecule has 0 saturated carbocycles. The van der Waals surface area contributed by atoms with Gasteiger partial charge in [0.25, 0.3) is 0 Å². The maximum absolute atomic E-state index is 5.70.